The van der Waals surface area contributed by atoms with Crippen molar-refractivity contribution < 1.29 is 24.0 Å². The van der Waals surface area contributed by atoms with Crippen LogP contribution < -0.4 is 5.32 Å². The highest BCUT2D eigenvalue weighted by Crippen LogP contribution is 2.50. The average Bonchev–Trinajstić information content (AvgIpc) is 2.95. The molecule has 2 fully saturated rings. The van der Waals surface area contributed by atoms with E-state index >= 15 is 0 Å². The lowest BCUT2D eigenvalue weighted by atomic mass is 9.96. The zero-order valence-electron chi connectivity index (χ0n) is 12.8. The Morgan fingerprint density at radius 2 is 2.17 bits per heavy atom. The number of β-lactam (4-membered cyclic amide) rings is 1. The third-order valence-corrected chi connectivity index (χ3v) is 5.45. The van der Waals surface area contributed by atoms with Gasteiger partial charge in [-0.3, -0.25) is 9.59 Å². The van der Waals surface area contributed by atoms with E-state index in [9.17, 15) is 19.5 Å². The maximum absolute atomic E-state index is 12.2. The summed E-state index contributed by atoms with van der Waals surface area (Å²) in [5, 5.41) is 15.2. The molecule has 3 atom stereocenters. The lowest BCUT2D eigenvalue weighted by Crippen LogP contribution is -2.70. The molecule has 0 radical (unpaired) electrons. The SMILES string of the molecule is Cc1nc(CC(=O)N[C@@H]2C(=O)N3[C@@H]2SC(C)(C)[C@@H]3C(=O)O)no1. The van der Waals surface area contributed by atoms with E-state index < -0.39 is 28.7 Å². The fourth-order valence-electron chi connectivity index (χ4n) is 2.93. The number of nitrogens with zero attached hydrogens (tertiary/aromatic N) is 3. The normalized spacial score (nSPS) is 28.2. The number of carbonyl (C=O) groups excluding carboxylic acids is 2. The summed E-state index contributed by atoms with van der Waals surface area (Å²) in [6.07, 6.45) is -0.0930. The predicted octanol–water partition coefficient (Wildman–Crippen LogP) is -0.448. The number of aromatic nitrogens is 2. The smallest absolute Gasteiger partial charge is 0.327 e. The fourth-order valence-corrected chi connectivity index (χ4v) is 4.55. The summed E-state index contributed by atoms with van der Waals surface area (Å²) in [4.78, 5) is 40.9. The van der Waals surface area contributed by atoms with Crippen LogP contribution in [0.5, 0.6) is 0 Å². The highest BCUT2D eigenvalue weighted by molar-refractivity contribution is 8.01. The maximum atomic E-state index is 12.2. The Labute approximate surface area is 135 Å². The second-order valence-corrected chi connectivity index (χ2v) is 7.82. The number of thioether (sulfide) groups is 1. The number of amides is 2. The molecule has 0 bridgehead atoms. The monoisotopic (exact) mass is 340 g/mol. The van der Waals surface area contributed by atoms with Crippen LogP contribution in [-0.4, -0.2) is 60.1 Å². The van der Waals surface area contributed by atoms with Crippen LogP contribution in [0.2, 0.25) is 0 Å². The van der Waals surface area contributed by atoms with Gasteiger partial charge in [0.2, 0.25) is 17.7 Å². The topological polar surface area (TPSA) is 126 Å². The van der Waals surface area contributed by atoms with Gasteiger partial charge >= 0.3 is 5.97 Å². The third kappa shape index (κ3) is 2.56. The molecule has 3 heterocycles. The Bertz CT molecular complexity index is 688. The molecule has 23 heavy (non-hydrogen) atoms. The second kappa shape index (κ2) is 5.22. The van der Waals surface area contributed by atoms with E-state index in [4.69, 9.17) is 4.52 Å². The van der Waals surface area contributed by atoms with E-state index in [0.717, 1.165) is 0 Å². The van der Waals surface area contributed by atoms with E-state index in [1.807, 2.05) is 0 Å². The average molecular weight is 340 g/mol. The van der Waals surface area contributed by atoms with Gasteiger partial charge in [-0.15, -0.1) is 11.8 Å². The van der Waals surface area contributed by atoms with Gasteiger partial charge in [0.05, 0.1) is 6.42 Å². The van der Waals surface area contributed by atoms with Crippen LogP contribution in [0.3, 0.4) is 0 Å². The van der Waals surface area contributed by atoms with Gasteiger partial charge in [-0.2, -0.15) is 4.98 Å². The molecular formula is C13H16N4O5S. The molecule has 2 N–H and O–H groups in total. The van der Waals surface area contributed by atoms with Crippen LogP contribution in [0.1, 0.15) is 25.6 Å². The number of hydrogen-bond acceptors (Lipinski definition) is 7. The molecule has 3 rings (SSSR count). The summed E-state index contributed by atoms with van der Waals surface area (Å²) in [7, 11) is 0. The van der Waals surface area contributed by atoms with Gasteiger partial charge < -0.3 is 19.8 Å². The van der Waals surface area contributed by atoms with Crippen molar-refractivity contribution in [2.75, 3.05) is 0 Å². The first-order valence-electron chi connectivity index (χ1n) is 7.02. The Morgan fingerprint density at radius 3 is 2.74 bits per heavy atom. The highest BCUT2D eigenvalue weighted by Gasteiger charge is 2.64. The molecule has 1 aromatic heterocycles. The largest absolute Gasteiger partial charge is 0.480 e. The van der Waals surface area contributed by atoms with Crippen molar-refractivity contribution in [2.45, 2.75) is 49.4 Å². The van der Waals surface area contributed by atoms with Crippen molar-refractivity contribution >= 4 is 29.5 Å². The lowest BCUT2D eigenvalue weighted by Gasteiger charge is -2.43. The third-order valence-electron chi connectivity index (χ3n) is 3.88. The van der Waals surface area contributed by atoms with Crippen LogP contribution in [0.15, 0.2) is 4.52 Å². The Balaban J connectivity index is 1.66. The summed E-state index contributed by atoms with van der Waals surface area (Å²) in [5.41, 5.74) is 0. The highest BCUT2D eigenvalue weighted by atomic mass is 32.2. The summed E-state index contributed by atoms with van der Waals surface area (Å²) in [5.74, 6) is -1.22. The Kier molecular flexibility index (Phi) is 3.58. The van der Waals surface area contributed by atoms with Crippen LogP contribution >= 0.6 is 11.8 Å². The molecule has 10 heteroatoms. The fraction of sp³-hybridized carbons (Fsp3) is 0.615. The molecule has 2 aliphatic rings. The number of carbonyl (C=O) groups is 3. The van der Waals surface area contributed by atoms with Gasteiger partial charge in [-0.05, 0) is 13.8 Å². The molecule has 0 aliphatic carbocycles. The van der Waals surface area contributed by atoms with Gasteiger partial charge in [0, 0.05) is 11.7 Å². The maximum Gasteiger partial charge on any atom is 0.327 e. The number of fused-ring (bicyclic) bond motifs is 1. The van der Waals surface area contributed by atoms with Crippen molar-refractivity contribution in [3.05, 3.63) is 11.7 Å². The summed E-state index contributed by atoms with van der Waals surface area (Å²) < 4.78 is 4.17. The van der Waals surface area contributed by atoms with E-state index in [1.54, 1.807) is 20.8 Å². The van der Waals surface area contributed by atoms with Crippen molar-refractivity contribution in [1.82, 2.24) is 20.4 Å². The van der Waals surface area contributed by atoms with E-state index in [2.05, 4.69) is 15.5 Å². The number of hydrogen-bond donors (Lipinski definition) is 2. The minimum absolute atomic E-state index is 0.0930. The Morgan fingerprint density at radius 1 is 1.48 bits per heavy atom. The first kappa shape index (κ1) is 15.8. The van der Waals surface area contributed by atoms with Crippen molar-refractivity contribution in [3.63, 3.8) is 0 Å². The lowest BCUT2D eigenvalue weighted by molar-refractivity contribution is -0.161. The number of nitrogens with one attached hydrogen (secondary N) is 1. The van der Waals surface area contributed by atoms with Gasteiger partial charge in [0.15, 0.2) is 5.82 Å². The molecule has 2 aliphatic heterocycles. The minimum atomic E-state index is -1.04. The quantitative estimate of drug-likeness (QED) is 0.706. The van der Waals surface area contributed by atoms with Crippen LogP contribution in [0, 0.1) is 6.92 Å². The van der Waals surface area contributed by atoms with Crippen LogP contribution in [-0.2, 0) is 20.8 Å². The number of rotatable bonds is 4. The molecule has 2 amide bonds. The number of aryl methyl sites for hydroxylation is 1. The molecule has 0 aromatic carbocycles. The summed E-state index contributed by atoms with van der Waals surface area (Å²) in [6, 6.07) is -1.61. The van der Waals surface area contributed by atoms with E-state index in [0.29, 0.717) is 5.89 Å². The first-order valence-corrected chi connectivity index (χ1v) is 7.90. The van der Waals surface area contributed by atoms with Gasteiger partial charge in [0.25, 0.3) is 0 Å². The second-order valence-electron chi connectivity index (χ2n) is 6.05. The zero-order valence-corrected chi connectivity index (χ0v) is 13.6. The zero-order chi connectivity index (χ0) is 16.9. The predicted molar refractivity (Wildman–Crippen MR) is 78.4 cm³/mol. The molecule has 0 spiro atoms. The minimum Gasteiger partial charge on any atom is -0.480 e. The summed E-state index contributed by atoms with van der Waals surface area (Å²) >= 11 is 1.38. The number of carboxylic acid groups (broad SMARTS) is 1. The molecule has 1 aromatic rings. The number of carboxylic acids is 1. The molecule has 0 unspecified atom stereocenters. The van der Waals surface area contributed by atoms with Gasteiger partial charge in [-0.1, -0.05) is 5.16 Å². The Hall–Kier alpha value is -2.10. The van der Waals surface area contributed by atoms with Crippen LogP contribution in [0.25, 0.3) is 0 Å². The van der Waals surface area contributed by atoms with Crippen molar-refractivity contribution in [1.29, 1.82) is 0 Å². The molecule has 124 valence electrons. The van der Waals surface area contributed by atoms with Gasteiger partial charge in [0.1, 0.15) is 17.5 Å². The molecule has 2 saturated heterocycles. The standard InChI is InChI=1S/C13H16N4O5S/c1-5-14-6(16-22-5)4-7(18)15-8-10(19)17-9(12(20)21)13(2,3)23-11(8)17/h8-9,11H,4H2,1-3H3,(H,15,18)(H,20,21)/t8-,9+,11-/m1/s1. The molecular weight excluding hydrogens is 324 g/mol. The molecule has 9 nitrogen and oxygen atoms in total. The van der Waals surface area contributed by atoms with E-state index in [-0.39, 0.29) is 23.5 Å². The summed E-state index contributed by atoms with van der Waals surface area (Å²) in [6.45, 7) is 5.18. The number of aliphatic carboxylic acids is 1. The van der Waals surface area contributed by atoms with Crippen molar-refractivity contribution in [2.24, 2.45) is 0 Å². The first-order chi connectivity index (χ1) is 10.7. The molecule has 0 saturated carbocycles. The van der Waals surface area contributed by atoms with Gasteiger partial charge in [-0.25, -0.2) is 4.79 Å². The van der Waals surface area contributed by atoms with E-state index in [1.165, 1.54) is 16.7 Å². The van der Waals surface area contributed by atoms with Crippen LogP contribution in [0.4, 0.5) is 0 Å². The van der Waals surface area contributed by atoms with Crippen molar-refractivity contribution in [3.8, 4) is 0 Å².